The van der Waals surface area contributed by atoms with Gasteiger partial charge in [0.2, 0.25) is 0 Å². The smallest absolute Gasteiger partial charge is 0.291 e. The molecule has 25 heavy (non-hydrogen) atoms. The zero-order valence-corrected chi connectivity index (χ0v) is 14.8. The maximum atomic E-state index is 12.4. The number of furan rings is 1. The molecule has 0 spiro atoms. The predicted octanol–water partition coefficient (Wildman–Crippen LogP) is 6.19. The second-order valence-corrected chi connectivity index (χ2v) is 6.31. The van der Waals surface area contributed by atoms with Crippen molar-refractivity contribution in [2.75, 3.05) is 5.32 Å². The topological polar surface area (TPSA) is 42.2 Å². The largest absolute Gasteiger partial charge is 0.451 e. The van der Waals surface area contributed by atoms with Gasteiger partial charge < -0.3 is 9.73 Å². The zero-order chi connectivity index (χ0) is 17.6. The predicted molar refractivity (Wildman–Crippen MR) is 102 cm³/mol. The van der Waals surface area contributed by atoms with Gasteiger partial charge in [0, 0.05) is 11.3 Å². The molecule has 0 atom stereocenters. The third-order valence-electron chi connectivity index (χ3n) is 4.00. The molecule has 1 amide bonds. The monoisotopic (exact) mass is 353 g/mol. The van der Waals surface area contributed by atoms with Crippen molar-refractivity contribution in [3.8, 4) is 11.3 Å². The molecular formula is C21H20ClNO2. The van der Waals surface area contributed by atoms with Gasteiger partial charge in [0.1, 0.15) is 5.76 Å². The lowest BCUT2D eigenvalue weighted by atomic mass is 10.1. The Kier molecular flexibility index (Phi) is 5.56. The Labute approximate surface area is 152 Å². The highest BCUT2D eigenvalue weighted by atomic mass is 35.5. The molecule has 1 N–H and O–H groups in total. The van der Waals surface area contributed by atoms with Gasteiger partial charge in [-0.05, 0) is 54.8 Å². The normalized spacial score (nSPS) is 10.6. The van der Waals surface area contributed by atoms with Crippen molar-refractivity contribution in [1.29, 1.82) is 0 Å². The Bertz CT molecular complexity index is 852. The Balaban J connectivity index is 1.69. The van der Waals surface area contributed by atoms with Crippen LogP contribution in [0.1, 0.15) is 35.9 Å². The molecule has 3 rings (SSSR count). The van der Waals surface area contributed by atoms with Crippen LogP contribution < -0.4 is 5.32 Å². The second-order valence-electron chi connectivity index (χ2n) is 5.90. The summed E-state index contributed by atoms with van der Waals surface area (Å²) < 4.78 is 5.66. The van der Waals surface area contributed by atoms with Crippen LogP contribution in [0.3, 0.4) is 0 Å². The molecule has 0 fully saturated rings. The van der Waals surface area contributed by atoms with Crippen molar-refractivity contribution in [1.82, 2.24) is 0 Å². The lowest BCUT2D eigenvalue weighted by Crippen LogP contribution is -2.10. The van der Waals surface area contributed by atoms with Crippen LogP contribution in [0.15, 0.2) is 65.1 Å². The Morgan fingerprint density at radius 1 is 1.04 bits per heavy atom. The van der Waals surface area contributed by atoms with Crippen LogP contribution in [-0.4, -0.2) is 5.91 Å². The van der Waals surface area contributed by atoms with E-state index in [9.17, 15) is 4.79 Å². The van der Waals surface area contributed by atoms with Crippen LogP contribution in [0.5, 0.6) is 0 Å². The number of benzene rings is 2. The molecule has 1 aromatic heterocycles. The molecule has 2 aromatic carbocycles. The molecule has 3 nitrogen and oxygen atoms in total. The molecule has 1 heterocycles. The van der Waals surface area contributed by atoms with Crippen LogP contribution in [0.25, 0.3) is 11.3 Å². The Morgan fingerprint density at radius 2 is 1.80 bits per heavy atom. The van der Waals surface area contributed by atoms with E-state index in [4.69, 9.17) is 16.0 Å². The maximum absolute atomic E-state index is 12.4. The second kappa shape index (κ2) is 8.04. The van der Waals surface area contributed by atoms with Gasteiger partial charge in [-0.2, -0.15) is 0 Å². The zero-order valence-electron chi connectivity index (χ0n) is 14.1. The highest BCUT2D eigenvalue weighted by Crippen LogP contribution is 2.29. The highest BCUT2D eigenvalue weighted by molar-refractivity contribution is 6.33. The number of nitrogens with one attached hydrogen (secondary N) is 1. The summed E-state index contributed by atoms with van der Waals surface area (Å²) >= 11 is 6.17. The molecule has 0 unspecified atom stereocenters. The van der Waals surface area contributed by atoms with E-state index in [1.165, 1.54) is 18.4 Å². The summed E-state index contributed by atoms with van der Waals surface area (Å²) in [6, 6.07) is 18.7. The van der Waals surface area contributed by atoms with E-state index in [-0.39, 0.29) is 11.7 Å². The summed E-state index contributed by atoms with van der Waals surface area (Å²) in [5.74, 6) is 0.551. The number of unbranched alkanes of at least 4 members (excludes halogenated alkanes) is 1. The minimum Gasteiger partial charge on any atom is -0.451 e. The standard InChI is InChI=1S/C21H20ClNO2/c1-2-3-6-15-9-11-16(12-10-15)23-21(24)20-14-13-19(25-20)17-7-4-5-8-18(17)22/h4-5,7-14H,2-3,6H2,1H3,(H,23,24). The number of rotatable bonds is 6. The number of hydrogen-bond donors (Lipinski definition) is 1. The van der Waals surface area contributed by atoms with Gasteiger partial charge >= 0.3 is 0 Å². The first kappa shape index (κ1) is 17.3. The molecule has 3 aromatic rings. The van der Waals surface area contributed by atoms with Gasteiger partial charge in [-0.15, -0.1) is 0 Å². The minimum absolute atomic E-state index is 0.255. The van der Waals surface area contributed by atoms with E-state index in [2.05, 4.69) is 12.2 Å². The van der Waals surface area contributed by atoms with Crippen LogP contribution in [0.2, 0.25) is 5.02 Å². The van der Waals surface area contributed by atoms with Crippen molar-refractivity contribution in [2.45, 2.75) is 26.2 Å². The lowest BCUT2D eigenvalue weighted by Gasteiger charge is -2.05. The molecule has 0 saturated heterocycles. The number of hydrogen-bond acceptors (Lipinski definition) is 2. The van der Waals surface area contributed by atoms with Gasteiger partial charge in [-0.25, -0.2) is 0 Å². The molecule has 0 bridgehead atoms. The van der Waals surface area contributed by atoms with Gasteiger partial charge in [0.05, 0.1) is 5.02 Å². The van der Waals surface area contributed by atoms with E-state index in [1.807, 2.05) is 42.5 Å². The van der Waals surface area contributed by atoms with Gasteiger partial charge in [0.15, 0.2) is 5.76 Å². The third kappa shape index (κ3) is 4.31. The van der Waals surface area contributed by atoms with E-state index < -0.39 is 0 Å². The lowest BCUT2D eigenvalue weighted by molar-refractivity contribution is 0.0997. The molecule has 128 valence electrons. The average Bonchev–Trinajstić information content (AvgIpc) is 3.11. The van der Waals surface area contributed by atoms with Crippen molar-refractivity contribution < 1.29 is 9.21 Å². The SMILES string of the molecule is CCCCc1ccc(NC(=O)c2ccc(-c3ccccc3Cl)o2)cc1. The molecular weight excluding hydrogens is 334 g/mol. The molecule has 0 aliphatic heterocycles. The number of carbonyl (C=O) groups excluding carboxylic acids is 1. The van der Waals surface area contributed by atoms with E-state index in [0.29, 0.717) is 10.8 Å². The third-order valence-corrected chi connectivity index (χ3v) is 4.33. The first-order valence-corrected chi connectivity index (χ1v) is 8.80. The number of aryl methyl sites for hydroxylation is 1. The highest BCUT2D eigenvalue weighted by Gasteiger charge is 2.14. The summed E-state index contributed by atoms with van der Waals surface area (Å²) in [6.45, 7) is 2.18. The summed E-state index contributed by atoms with van der Waals surface area (Å²) in [5.41, 5.74) is 2.79. The first-order chi connectivity index (χ1) is 12.2. The van der Waals surface area contributed by atoms with Crippen molar-refractivity contribution in [3.63, 3.8) is 0 Å². The number of halogens is 1. The van der Waals surface area contributed by atoms with Crippen LogP contribution in [0.4, 0.5) is 5.69 Å². The van der Waals surface area contributed by atoms with E-state index in [1.54, 1.807) is 18.2 Å². The van der Waals surface area contributed by atoms with Crippen molar-refractivity contribution >= 4 is 23.2 Å². The number of amides is 1. The van der Waals surface area contributed by atoms with E-state index in [0.717, 1.165) is 17.7 Å². The fraction of sp³-hybridized carbons (Fsp3) is 0.190. The summed E-state index contributed by atoms with van der Waals surface area (Å²) in [6.07, 6.45) is 3.40. The summed E-state index contributed by atoms with van der Waals surface area (Å²) in [5, 5.41) is 3.44. The quantitative estimate of drug-likeness (QED) is 0.573. The summed E-state index contributed by atoms with van der Waals surface area (Å²) in [7, 11) is 0. The maximum Gasteiger partial charge on any atom is 0.291 e. The fourth-order valence-electron chi connectivity index (χ4n) is 2.59. The first-order valence-electron chi connectivity index (χ1n) is 8.42. The van der Waals surface area contributed by atoms with Crippen molar-refractivity contribution in [3.05, 3.63) is 77.0 Å². The fourth-order valence-corrected chi connectivity index (χ4v) is 2.82. The van der Waals surface area contributed by atoms with Gasteiger partial charge in [-0.3, -0.25) is 4.79 Å². The minimum atomic E-state index is -0.278. The molecule has 0 saturated carbocycles. The van der Waals surface area contributed by atoms with Crippen LogP contribution in [-0.2, 0) is 6.42 Å². The number of anilines is 1. The average molecular weight is 354 g/mol. The molecule has 4 heteroatoms. The Hall–Kier alpha value is -2.52. The van der Waals surface area contributed by atoms with Crippen LogP contribution >= 0.6 is 11.6 Å². The van der Waals surface area contributed by atoms with Gasteiger partial charge in [0.25, 0.3) is 5.91 Å². The van der Waals surface area contributed by atoms with E-state index >= 15 is 0 Å². The molecule has 0 radical (unpaired) electrons. The number of carbonyl (C=O) groups is 1. The Morgan fingerprint density at radius 3 is 2.52 bits per heavy atom. The molecule has 0 aliphatic carbocycles. The molecule has 0 aliphatic rings. The summed E-state index contributed by atoms with van der Waals surface area (Å²) in [4.78, 5) is 12.4. The van der Waals surface area contributed by atoms with Crippen molar-refractivity contribution in [2.24, 2.45) is 0 Å². The van der Waals surface area contributed by atoms with Crippen LogP contribution in [0, 0.1) is 0 Å². The van der Waals surface area contributed by atoms with Gasteiger partial charge in [-0.1, -0.05) is 49.2 Å².